The van der Waals surface area contributed by atoms with Gasteiger partial charge in [-0.2, -0.15) is 0 Å². The fourth-order valence-corrected chi connectivity index (χ4v) is 2.03. The maximum absolute atomic E-state index is 5.90. The molecule has 1 aromatic carbocycles. The highest BCUT2D eigenvalue weighted by molar-refractivity contribution is 5.43. The van der Waals surface area contributed by atoms with Gasteiger partial charge in [0.15, 0.2) is 0 Å². The van der Waals surface area contributed by atoms with Gasteiger partial charge in [-0.25, -0.2) is 0 Å². The van der Waals surface area contributed by atoms with Gasteiger partial charge in [-0.15, -0.1) is 0 Å². The first-order chi connectivity index (χ1) is 8.19. The second-order valence-corrected chi connectivity index (χ2v) is 4.47. The molecule has 0 aromatic heterocycles. The zero-order chi connectivity index (χ0) is 12.7. The third kappa shape index (κ3) is 4.39. The van der Waals surface area contributed by atoms with Crippen molar-refractivity contribution in [3.05, 3.63) is 28.8 Å². The Morgan fingerprint density at radius 2 is 1.76 bits per heavy atom. The van der Waals surface area contributed by atoms with Gasteiger partial charge in [0.1, 0.15) is 5.75 Å². The molecule has 1 rings (SSSR count). The fraction of sp³-hybridized carbons (Fsp3) is 0.600. The molecule has 0 atom stereocenters. The van der Waals surface area contributed by atoms with Crippen LogP contribution >= 0.6 is 0 Å². The quantitative estimate of drug-likeness (QED) is 0.672. The van der Waals surface area contributed by atoms with Crippen molar-refractivity contribution >= 4 is 0 Å². The van der Waals surface area contributed by atoms with E-state index in [4.69, 9.17) is 9.47 Å². The Bertz CT molecular complexity index is 345. The number of unbranched alkanes of at least 4 members (excludes halogenated alkanes) is 1. The van der Waals surface area contributed by atoms with Crippen molar-refractivity contribution in [1.29, 1.82) is 0 Å². The van der Waals surface area contributed by atoms with Crippen LogP contribution in [0.1, 0.15) is 36.5 Å². The average Bonchev–Trinajstić information content (AvgIpc) is 2.30. The van der Waals surface area contributed by atoms with Gasteiger partial charge in [0.05, 0.1) is 6.61 Å². The van der Waals surface area contributed by atoms with Crippen molar-refractivity contribution in [2.45, 2.75) is 40.0 Å². The Labute approximate surface area is 105 Å². The predicted octanol–water partition coefficient (Wildman–Crippen LogP) is 3.67. The maximum Gasteiger partial charge on any atom is 0.125 e. The highest BCUT2D eigenvalue weighted by atomic mass is 16.5. The van der Waals surface area contributed by atoms with Crippen LogP contribution in [0.15, 0.2) is 12.1 Å². The summed E-state index contributed by atoms with van der Waals surface area (Å²) in [6.07, 6.45) is 3.13. The number of aryl methyl sites for hydroxylation is 3. The van der Waals surface area contributed by atoms with Crippen molar-refractivity contribution in [1.82, 2.24) is 0 Å². The summed E-state index contributed by atoms with van der Waals surface area (Å²) in [5.74, 6) is 1.08. The summed E-state index contributed by atoms with van der Waals surface area (Å²) in [6, 6.07) is 4.40. The Balaban J connectivity index is 2.57. The van der Waals surface area contributed by atoms with E-state index in [1.807, 2.05) is 0 Å². The lowest BCUT2D eigenvalue weighted by Gasteiger charge is -2.14. The Hall–Kier alpha value is -1.02. The second kappa shape index (κ2) is 7.33. The second-order valence-electron chi connectivity index (χ2n) is 4.47. The molecule has 0 fully saturated rings. The first kappa shape index (κ1) is 14.0. The molecular weight excluding hydrogens is 212 g/mol. The van der Waals surface area contributed by atoms with E-state index in [1.165, 1.54) is 16.7 Å². The minimum Gasteiger partial charge on any atom is -0.493 e. The van der Waals surface area contributed by atoms with Crippen LogP contribution in [-0.2, 0) is 11.2 Å². The van der Waals surface area contributed by atoms with Crippen molar-refractivity contribution in [2.24, 2.45) is 0 Å². The highest BCUT2D eigenvalue weighted by Crippen LogP contribution is 2.26. The van der Waals surface area contributed by atoms with E-state index >= 15 is 0 Å². The van der Waals surface area contributed by atoms with Crippen LogP contribution < -0.4 is 4.74 Å². The van der Waals surface area contributed by atoms with Gasteiger partial charge in [0.2, 0.25) is 0 Å². The lowest BCUT2D eigenvalue weighted by atomic mass is 10.0. The molecule has 0 radical (unpaired) electrons. The number of ether oxygens (including phenoxy) is 2. The average molecular weight is 236 g/mol. The minimum absolute atomic E-state index is 0.778. The first-order valence-corrected chi connectivity index (χ1v) is 6.41. The molecular formula is C15H24O2. The highest BCUT2D eigenvalue weighted by Gasteiger charge is 2.06. The van der Waals surface area contributed by atoms with Gasteiger partial charge in [-0.05, 0) is 44.2 Å². The van der Waals surface area contributed by atoms with Crippen LogP contribution in [0, 0.1) is 13.8 Å². The molecule has 0 amide bonds. The van der Waals surface area contributed by atoms with Crippen LogP contribution in [-0.4, -0.2) is 20.3 Å². The summed E-state index contributed by atoms with van der Waals surface area (Å²) in [6.45, 7) is 8.02. The van der Waals surface area contributed by atoms with Gasteiger partial charge in [0.25, 0.3) is 0 Å². The molecule has 0 spiro atoms. The number of methoxy groups -OCH3 is 1. The minimum atomic E-state index is 0.778. The van der Waals surface area contributed by atoms with E-state index in [2.05, 4.69) is 32.9 Å². The summed E-state index contributed by atoms with van der Waals surface area (Å²) in [5.41, 5.74) is 3.87. The van der Waals surface area contributed by atoms with Gasteiger partial charge in [-0.3, -0.25) is 0 Å². The van der Waals surface area contributed by atoms with E-state index < -0.39 is 0 Å². The lowest BCUT2D eigenvalue weighted by molar-refractivity contribution is 0.184. The van der Waals surface area contributed by atoms with Crippen molar-refractivity contribution in [3.8, 4) is 5.75 Å². The molecule has 0 saturated carbocycles. The van der Waals surface area contributed by atoms with Crippen molar-refractivity contribution < 1.29 is 9.47 Å². The third-order valence-corrected chi connectivity index (χ3v) is 2.87. The number of rotatable bonds is 7. The third-order valence-electron chi connectivity index (χ3n) is 2.87. The number of benzene rings is 1. The van der Waals surface area contributed by atoms with Gasteiger partial charge < -0.3 is 9.47 Å². The first-order valence-electron chi connectivity index (χ1n) is 6.41. The van der Waals surface area contributed by atoms with Crippen LogP contribution in [0.25, 0.3) is 0 Å². The predicted molar refractivity (Wildman–Crippen MR) is 71.9 cm³/mol. The molecule has 0 heterocycles. The Morgan fingerprint density at radius 3 is 2.41 bits per heavy atom. The standard InChI is InChI=1S/C15H24O2/c1-5-14-11-12(2)10-13(3)15(14)17-9-7-6-8-16-4/h10-11H,5-9H2,1-4H3. The Morgan fingerprint density at radius 1 is 1.06 bits per heavy atom. The van der Waals surface area contributed by atoms with E-state index in [1.54, 1.807) is 7.11 Å². The largest absolute Gasteiger partial charge is 0.493 e. The van der Waals surface area contributed by atoms with Crippen molar-refractivity contribution in [2.75, 3.05) is 20.3 Å². The van der Waals surface area contributed by atoms with Crippen LogP contribution in [0.2, 0.25) is 0 Å². The molecule has 0 unspecified atom stereocenters. The molecule has 0 aliphatic carbocycles. The fourth-order valence-electron chi connectivity index (χ4n) is 2.03. The zero-order valence-electron chi connectivity index (χ0n) is 11.5. The Kier molecular flexibility index (Phi) is 6.06. The van der Waals surface area contributed by atoms with Crippen LogP contribution in [0.3, 0.4) is 0 Å². The molecule has 0 N–H and O–H groups in total. The summed E-state index contributed by atoms with van der Waals surface area (Å²) < 4.78 is 10.9. The monoisotopic (exact) mass is 236 g/mol. The summed E-state index contributed by atoms with van der Waals surface area (Å²) >= 11 is 0. The molecule has 2 nitrogen and oxygen atoms in total. The van der Waals surface area contributed by atoms with Gasteiger partial charge >= 0.3 is 0 Å². The summed E-state index contributed by atoms with van der Waals surface area (Å²) in [5, 5.41) is 0. The molecule has 0 saturated heterocycles. The lowest BCUT2D eigenvalue weighted by Crippen LogP contribution is -2.03. The molecule has 2 heteroatoms. The van der Waals surface area contributed by atoms with Gasteiger partial charge in [-0.1, -0.05) is 24.6 Å². The van der Waals surface area contributed by atoms with Gasteiger partial charge in [0, 0.05) is 13.7 Å². The number of hydrogen-bond acceptors (Lipinski definition) is 2. The SMILES string of the molecule is CCc1cc(C)cc(C)c1OCCCCOC. The normalized spacial score (nSPS) is 10.6. The van der Waals surface area contributed by atoms with E-state index in [0.717, 1.165) is 38.2 Å². The molecule has 1 aromatic rings. The maximum atomic E-state index is 5.90. The van der Waals surface area contributed by atoms with E-state index in [0.29, 0.717) is 0 Å². The summed E-state index contributed by atoms with van der Waals surface area (Å²) in [4.78, 5) is 0. The molecule has 17 heavy (non-hydrogen) atoms. The summed E-state index contributed by atoms with van der Waals surface area (Å²) in [7, 11) is 1.74. The van der Waals surface area contributed by atoms with E-state index in [9.17, 15) is 0 Å². The van der Waals surface area contributed by atoms with Crippen molar-refractivity contribution in [3.63, 3.8) is 0 Å². The molecule has 96 valence electrons. The number of hydrogen-bond donors (Lipinski definition) is 0. The smallest absolute Gasteiger partial charge is 0.125 e. The molecule has 0 bridgehead atoms. The molecule has 0 aliphatic rings. The van der Waals surface area contributed by atoms with Crippen LogP contribution in [0.4, 0.5) is 0 Å². The van der Waals surface area contributed by atoms with E-state index in [-0.39, 0.29) is 0 Å². The molecule has 0 aliphatic heterocycles. The topological polar surface area (TPSA) is 18.5 Å². The zero-order valence-corrected chi connectivity index (χ0v) is 11.5. The van der Waals surface area contributed by atoms with Crippen LogP contribution in [0.5, 0.6) is 5.75 Å².